The predicted molar refractivity (Wildman–Crippen MR) is 82.5 cm³/mol. The second-order valence-corrected chi connectivity index (χ2v) is 6.23. The van der Waals surface area contributed by atoms with Gasteiger partial charge >= 0.3 is 6.09 Å². The minimum atomic E-state index is -0.940. The van der Waals surface area contributed by atoms with Crippen molar-refractivity contribution in [2.45, 2.75) is 32.7 Å². The van der Waals surface area contributed by atoms with Crippen molar-refractivity contribution in [1.82, 2.24) is 10.2 Å². The lowest BCUT2D eigenvalue weighted by Crippen LogP contribution is -2.48. The molecular formula is C15H22ClFN2O2. The number of hydrogen-bond donors (Lipinski definition) is 2. The largest absolute Gasteiger partial charge is 0.465 e. The molecule has 2 N–H and O–H groups in total. The molecule has 0 radical (unpaired) electrons. The second kappa shape index (κ2) is 7.61. The van der Waals surface area contributed by atoms with Crippen LogP contribution >= 0.6 is 11.6 Å². The Morgan fingerprint density at radius 3 is 2.62 bits per heavy atom. The van der Waals surface area contributed by atoms with E-state index in [1.54, 1.807) is 12.1 Å². The first kappa shape index (κ1) is 17.7. The van der Waals surface area contributed by atoms with Crippen LogP contribution in [0.5, 0.6) is 0 Å². The summed E-state index contributed by atoms with van der Waals surface area (Å²) in [6.45, 7) is 7.02. The summed E-state index contributed by atoms with van der Waals surface area (Å²) in [6.07, 6.45) is -0.431. The van der Waals surface area contributed by atoms with E-state index in [0.29, 0.717) is 31.6 Å². The lowest BCUT2D eigenvalue weighted by Gasteiger charge is -2.33. The molecule has 0 atom stereocenters. The third kappa shape index (κ3) is 5.52. The Hall–Kier alpha value is -1.33. The van der Waals surface area contributed by atoms with E-state index in [-0.39, 0.29) is 10.8 Å². The normalized spacial score (nSPS) is 11.5. The summed E-state index contributed by atoms with van der Waals surface area (Å²) in [7, 11) is 0. The number of nitrogens with one attached hydrogen (secondary N) is 1. The molecule has 0 saturated heterocycles. The molecule has 0 aliphatic rings. The zero-order valence-corrected chi connectivity index (χ0v) is 13.4. The van der Waals surface area contributed by atoms with Gasteiger partial charge in [-0.3, -0.25) is 0 Å². The highest BCUT2D eigenvalue weighted by molar-refractivity contribution is 6.30. The lowest BCUT2D eigenvalue weighted by atomic mass is 10.1. The van der Waals surface area contributed by atoms with E-state index in [1.165, 1.54) is 11.0 Å². The Morgan fingerprint density at radius 2 is 2.05 bits per heavy atom. The Bertz CT molecular complexity index is 489. The second-order valence-electron chi connectivity index (χ2n) is 5.82. The van der Waals surface area contributed by atoms with Crippen LogP contribution < -0.4 is 5.32 Å². The first-order chi connectivity index (χ1) is 9.73. The van der Waals surface area contributed by atoms with E-state index >= 15 is 0 Å². The monoisotopic (exact) mass is 316 g/mol. The SMILES string of the molecule is CC(C)(C)N(CCNCCc1cccc(Cl)c1F)C(=O)O. The van der Waals surface area contributed by atoms with E-state index in [1.807, 2.05) is 20.8 Å². The molecule has 0 heterocycles. The van der Waals surface area contributed by atoms with Gasteiger partial charge in [0.2, 0.25) is 0 Å². The van der Waals surface area contributed by atoms with E-state index in [0.717, 1.165) is 0 Å². The van der Waals surface area contributed by atoms with Gasteiger partial charge in [0, 0.05) is 18.6 Å². The standard InChI is InChI=1S/C15H22ClFN2O2/c1-15(2,3)19(14(20)21)10-9-18-8-7-11-5-4-6-12(16)13(11)17/h4-6,18H,7-10H2,1-3H3,(H,20,21). The third-order valence-corrected chi connectivity index (χ3v) is 3.45. The highest BCUT2D eigenvalue weighted by atomic mass is 35.5. The van der Waals surface area contributed by atoms with Crippen molar-refractivity contribution in [2.75, 3.05) is 19.6 Å². The van der Waals surface area contributed by atoms with Crippen LogP contribution in [0.4, 0.5) is 9.18 Å². The molecular weight excluding hydrogens is 295 g/mol. The molecule has 118 valence electrons. The Kier molecular flexibility index (Phi) is 6.42. The van der Waals surface area contributed by atoms with Crippen LogP contribution in [0.15, 0.2) is 18.2 Å². The molecule has 0 aromatic heterocycles. The maximum atomic E-state index is 13.7. The van der Waals surface area contributed by atoms with E-state index in [4.69, 9.17) is 16.7 Å². The molecule has 0 saturated carbocycles. The van der Waals surface area contributed by atoms with Crippen molar-refractivity contribution in [3.8, 4) is 0 Å². The summed E-state index contributed by atoms with van der Waals surface area (Å²) < 4.78 is 13.7. The van der Waals surface area contributed by atoms with E-state index < -0.39 is 11.6 Å². The molecule has 6 heteroatoms. The first-order valence-electron chi connectivity index (χ1n) is 6.87. The molecule has 0 bridgehead atoms. The fourth-order valence-electron chi connectivity index (χ4n) is 2.00. The highest BCUT2D eigenvalue weighted by Gasteiger charge is 2.25. The van der Waals surface area contributed by atoms with Crippen LogP contribution in [0.2, 0.25) is 5.02 Å². The average Bonchev–Trinajstić information content (AvgIpc) is 2.36. The molecule has 0 unspecified atom stereocenters. The van der Waals surface area contributed by atoms with Crippen LogP contribution in [0.25, 0.3) is 0 Å². The van der Waals surface area contributed by atoms with Gasteiger partial charge in [-0.15, -0.1) is 0 Å². The van der Waals surface area contributed by atoms with Crippen molar-refractivity contribution in [1.29, 1.82) is 0 Å². The van der Waals surface area contributed by atoms with Crippen molar-refractivity contribution in [2.24, 2.45) is 0 Å². The van der Waals surface area contributed by atoms with E-state index in [9.17, 15) is 9.18 Å². The third-order valence-electron chi connectivity index (χ3n) is 3.16. The van der Waals surface area contributed by atoms with Crippen LogP contribution in [-0.2, 0) is 6.42 Å². The maximum Gasteiger partial charge on any atom is 0.407 e. The maximum absolute atomic E-state index is 13.7. The van der Waals surface area contributed by atoms with Gasteiger partial charge in [-0.2, -0.15) is 0 Å². The quantitative estimate of drug-likeness (QED) is 0.791. The highest BCUT2D eigenvalue weighted by Crippen LogP contribution is 2.18. The molecule has 4 nitrogen and oxygen atoms in total. The summed E-state index contributed by atoms with van der Waals surface area (Å²) in [6, 6.07) is 4.93. The molecule has 1 rings (SSSR count). The Morgan fingerprint density at radius 1 is 1.38 bits per heavy atom. The van der Waals surface area contributed by atoms with Crippen LogP contribution in [-0.4, -0.2) is 41.3 Å². The Balaban J connectivity index is 2.38. The topological polar surface area (TPSA) is 52.6 Å². The minimum absolute atomic E-state index is 0.122. The van der Waals surface area contributed by atoms with Gasteiger partial charge in [0.25, 0.3) is 0 Å². The van der Waals surface area contributed by atoms with Gasteiger partial charge in [-0.25, -0.2) is 9.18 Å². The summed E-state index contributed by atoms with van der Waals surface area (Å²) in [5.41, 5.74) is 0.118. The van der Waals surface area contributed by atoms with Gasteiger partial charge in [-0.1, -0.05) is 23.7 Å². The molecule has 1 amide bonds. The van der Waals surface area contributed by atoms with Crippen LogP contribution in [0.3, 0.4) is 0 Å². The van der Waals surface area contributed by atoms with Gasteiger partial charge in [-0.05, 0) is 45.4 Å². The molecule has 0 aliphatic carbocycles. The number of halogens is 2. The van der Waals surface area contributed by atoms with Gasteiger partial charge in [0.15, 0.2) is 0 Å². The summed E-state index contributed by atoms with van der Waals surface area (Å²) in [5.74, 6) is -0.386. The predicted octanol–water partition coefficient (Wildman–Crippen LogP) is 3.39. The number of nitrogens with zero attached hydrogens (tertiary/aromatic N) is 1. The number of hydrogen-bond acceptors (Lipinski definition) is 2. The van der Waals surface area contributed by atoms with Gasteiger partial charge < -0.3 is 15.3 Å². The summed E-state index contributed by atoms with van der Waals surface area (Å²) in [4.78, 5) is 12.5. The first-order valence-corrected chi connectivity index (χ1v) is 7.25. The molecule has 1 aromatic carbocycles. The molecule has 0 aliphatic heterocycles. The lowest BCUT2D eigenvalue weighted by molar-refractivity contribution is 0.101. The number of carboxylic acid groups (broad SMARTS) is 1. The Labute approximate surface area is 129 Å². The smallest absolute Gasteiger partial charge is 0.407 e. The number of amides is 1. The molecule has 21 heavy (non-hydrogen) atoms. The average molecular weight is 317 g/mol. The van der Waals surface area contributed by atoms with Crippen LogP contribution in [0.1, 0.15) is 26.3 Å². The summed E-state index contributed by atoms with van der Waals surface area (Å²) >= 11 is 5.71. The number of rotatable bonds is 6. The van der Waals surface area contributed by atoms with Crippen molar-refractivity contribution in [3.05, 3.63) is 34.6 Å². The molecule has 0 spiro atoms. The fourth-order valence-corrected chi connectivity index (χ4v) is 2.19. The number of benzene rings is 1. The van der Waals surface area contributed by atoms with Crippen LogP contribution in [0, 0.1) is 5.82 Å². The van der Waals surface area contributed by atoms with E-state index in [2.05, 4.69) is 5.32 Å². The summed E-state index contributed by atoms with van der Waals surface area (Å²) in [5, 5.41) is 12.4. The van der Waals surface area contributed by atoms with Gasteiger partial charge in [0.05, 0.1) is 5.02 Å². The van der Waals surface area contributed by atoms with Crippen molar-refractivity contribution >= 4 is 17.7 Å². The zero-order valence-electron chi connectivity index (χ0n) is 12.6. The minimum Gasteiger partial charge on any atom is -0.465 e. The number of carbonyl (C=O) groups is 1. The fraction of sp³-hybridized carbons (Fsp3) is 0.533. The molecule has 0 fully saturated rings. The van der Waals surface area contributed by atoms with Crippen molar-refractivity contribution < 1.29 is 14.3 Å². The zero-order chi connectivity index (χ0) is 16.0. The van der Waals surface area contributed by atoms with Gasteiger partial charge in [0.1, 0.15) is 5.82 Å². The molecule has 1 aromatic rings. The van der Waals surface area contributed by atoms with Crippen molar-refractivity contribution in [3.63, 3.8) is 0 Å².